The number of anilines is 2. The summed E-state index contributed by atoms with van der Waals surface area (Å²) in [5, 5.41) is 13.5. The third-order valence-corrected chi connectivity index (χ3v) is 8.80. The van der Waals surface area contributed by atoms with Crippen molar-refractivity contribution in [2.75, 3.05) is 31.7 Å². The van der Waals surface area contributed by atoms with E-state index in [9.17, 15) is 8.42 Å². The SMILES string of the molecule is Cc1nn(C)cc1-c1nccc(Nc2cc3c(C(C)C)ccc(C[C@H]4NC[C@H]4CN(C)S(C)(=O)=O)c3cn2)n1. The quantitative estimate of drug-likeness (QED) is 0.326. The van der Waals surface area contributed by atoms with Crippen LogP contribution in [0.4, 0.5) is 11.6 Å². The largest absolute Gasteiger partial charge is 0.325 e. The summed E-state index contributed by atoms with van der Waals surface area (Å²) < 4.78 is 27.0. The highest BCUT2D eigenvalue weighted by molar-refractivity contribution is 7.88. The van der Waals surface area contributed by atoms with Crippen LogP contribution in [-0.4, -0.2) is 69.9 Å². The van der Waals surface area contributed by atoms with Gasteiger partial charge in [0.25, 0.3) is 0 Å². The molecule has 1 aromatic carbocycles. The zero-order chi connectivity index (χ0) is 27.9. The number of rotatable bonds is 9. The summed E-state index contributed by atoms with van der Waals surface area (Å²) in [6, 6.07) is 8.54. The van der Waals surface area contributed by atoms with Crippen molar-refractivity contribution in [3.8, 4) is 11.4 Å². The van der Waals surface area contributed by atoms with Crippen molar-refractivity contribution in [2.45, 2.75) is 39.2 Å². The molecule has 1 fully saturated rings. The van der Waals surface area contributed by atoms with Gasteiger partial charge in [0.05, 0.1) is 17.5 Å². The Kier molecular flexibility index (Phi) is 7.41. The molecule has 0 saturated carbocycles. The molecule has 1 aliphatic rings. The smallest absolute Gasteiger partial charge is 0.210 e. The number of hydrogen-bond donors (Lipinski definition) is 2. The molecular formula is C28H36N8O2S. The summed E-state index contributed by atoms with van der Waals surface area (Å²) in [6.45, 7) is 7.67. The van der Waals surface area contributed by atoms with Crippen molar-refractivity contribution in [1.29, 1.82) is 0 Å². The van der Waals surface area contributed by atoms with E-state index in [1.807, 2.05) is 32.4 Å². The minimum Gasteiger partial charge on any atom is -0.325 e. The zero-order valence-corrected chi connectivity index (χ0v) is 24.1. The van der Waals surface area contributed by atoms with Crippen LogP contribution in [0.2, 0.25) is 0 Å². The number of pyridine rings is 1. The molecule has 4 heterocycles. The van der Waals surface area contributed by atoms with Crippen molar-refractivity contribution in [2.24, 2.45) is 13.0 Å². The van der Waals surface area contributed by atoms with Crippen LogP contribution >= 0.6 is 0 Å². The fourth-order valence-electron chi connectivity index (χ4n) is 5.16. The number of aryl methyl sites for hydroxylation is 2. The number of aromatic nitrogens is 5. The third-order valence-electron chi connectivity index (χ3n) is 7.52. The molecule has 0 amide bonds. The van der Waals surface area contributed by atoms with Gasteiger partial charge >= 0.3 is 0 Å². The van der Waals surface area contributed by atoms with Crippen molar-refractivity contribution >= 4 is 32.4 Å². The van der Waals surface area contributed by atoms with Gasteiger partial charge in [0, 0.05) is 63.1 Å². The summed E-state index contributed by atoms with van der Waals surface area (Å²) in [7, 11) is 0.335. The third kappa shape index (κ3) is 5.80. The molecule has 1 aliphatic heterocycles. The first kappa shape index (κ1) is 27.2. The predicted molar refractivity (Wildman–Crippen MR) is 155 cm³/mol. The van der Waals surface area contributed by atoms with E-state index in [1.165, 1.54) is 21.7 Å². The van der Waals surface area contributed by atoms with Gasteiger partial charge in [-0.25, -0.2) is 27.7 Å². The van der Waals surface area contributed by atoms with Gasteiger partial charge in [-0.2, -0.15) is 5.10 Å². The molecule has 0 unspecified atom stereocenters. The van der Waals surface area contributed by atoms with Crippen LogP contribution in [-0.2, 0) is 23.5 Å². The normalized spacial score (nSPS) is 17.6. The number of nitrogens with one attached hydrogen (secondary N) is 2. The summed E-state index contributed by atoms with van der Waals surface area (Å²) in [5.74, 6) is 2.60. The van der Waals surface area contributed by atoms with E-state index in [4.69, 9.17) is 9.97 Å². The number of benzene rings is 1. The second-order valence-corrected chi connectivity index (χ2v) is 12.9. The first-order valence-corrected chi connectivity index (χ1v) is 15.0. The first-order valence-electron chi connectivity index (χ1n) is 13.2. The van der Waals surface area contributed by atoms with E-state index in [1.54, 1.807) is 17.9 Å². The monoisotopic (exact) mass is 548 g/mol. The maximum Gasteiger partial charge on any atom is 0.210 e. The molecule has 0 radical (unpaired) electrons. The molecule has 5 rings (SSSR count). The Morgan fingerprint density at radius 1 is 1.18 bits per heavy atom. The van der Waals surface area contributed by atoms with Gasteiger partial charge in [0.1, 0.15) is 11.6 Å². The lowest BCUT2D eigenvalue weighted by Gasteiger charge is -2.40. The van der Waals surface area contributed by atoms with Crippen molar-refractivity contribution in [1.82, 2.24) is 34.4 Å². The van der Waals surface area contributed by atoms with Gasteiger partial charge in [-0.15, -0.1) is 0 Å². The zero-order valence-electron chi connectivity index (χ0n) is 23.3. The number of sulfonamides is 1. The fraction of sp³-hybridized carbons (Fsp3) is 0.429. The topological polar surface area (TPSA) is 118 Å². The van der Waals surface area contributed by atoms with Crippen LogP contribution < -0.4 is 10.6 Å². The molecule has 206 valence electrons. The highest BCUT2D eigenvalue weighted by Gasteiger charge is 2.33. The van der Waals surface area contributed by atoms with E-state index in [-0.39, 0.29) is 12.0 Å². The Bertz CT molecular complexity index is 1620. The van der Waals surface area contributed by atoms with E-state index in [2.05, 4.69) is 52.8 Å². The van der Waals surface area contributed by atoms with Crippen LogP contribution in [0.1, 0.15) is 36.6 Å². The molecule has 2 N–H and O–H groups in total. The Morgan fingerprint density at radius 3 is 2.62 bits per heavy atom. The van der Waals surface area contributed by atoms with Gasteiger partial charge in [-0.05, 0) is 47.9 Å². The second kappa shape index (κ2) is 10.6. The molecule has 0 spiro atoms. The minimum atomic E-state index is -3.20. The molecule has 4 aromatic rings. The molecule has 10 nitrogen and oxygen atoms in total. The molecule has 2 atom stereocenters. The Balaban J connectivity index is 1.41. The van der Waals surface area contributed by atoms with Gasteiger partial charge < -0.3 is 10.6 Å². The summed E-state index contributed by atoms with van der Waals surface area (Å²) >= 11 is 0. The van der Waals surface area contributed by atoms with Crippen LogP contribution in [0.25, 0.3) is 22.2 Å². The van der Waals surface area contributed by atoms with Crippen LogP contribution in [0, 0.1) is 12.8 Å². The van der Waals surface area contributed by atoms with E-state index < -0.39 is 10.0 Å². The average molecular weight is 549 g/mol. The van der Waals surface area contributed by atoms with Crippen molar-refractivity contribution in [3.05, 3.63) is 59.7 Å². The first-order chi connectivity index (χ1) is 18.5. The summed E-state index contributed by atoms with van der Waals surface area (Å²) in [5.41, 5.74) is 4.22. The highest BCUT2D eigenvalue weighted by Crippen LogP contribution is 2.32. The molecule has 3 aromatic heterocycles. The molecule has 0 bridgehead atoms. The molecular weight excluding hydrogens is 512 g/mol. The summed E-state index contributed by atoms with van der Waals surface area (Å²) in [4.78, 5) is 13.9. The van der Waals surface area contributed by atoms with Crippen molar-refractivity contribution in [3.63, 3.8) is 0 Å². The van der Waals surface area contributed by atoms with E-state index >= 15 is 0 Å². The number of fused-ring (bicyclic) bond motifs is 1. The average Bonchev–Trinajstić information content (AvgIpc) is 3.21. The lowest BCUT2D eigenvalue weighted by molar-refractivity contribution is 0.200. The lowest BCUT2D eigenvalue weighted by atomic mass is 9.84. The fourth-order valence-corrected chi connectivity index (χ4v) is 5.62. The van der Waals surface area contributed by atoms with Gasteiger partial charge in [-0.3, -0.25) is 4.68 Å². The lowest BCUT2D eigenvalue weighted by Crippen LogP contribution is -2.58. The predicted octanol–water partition coefficient (Wildman–Crippen LogP) is 3.62. The molecule has 0 aliphatic carbocycles. The van der Waals surface area contributed by atoms with E-state index in [0.717, 1.165) is 35.0 Å². The van der Waals surface area contributed by atoms with E-state index in [0.29, 0.717) is 29.9 Å². The maximum absolute atomic E-state index is 11.9. The van der Waals surface area contributed by atoms with Crippen LogP contribution in [0.5, 0.6) is 0 Å². The summed E-state index contributed by atoms with van der Waals surface area (Å²) in [6.07, 6.45) is 7.65. The Morgan fingerprint density at radius 2 is 1.97 bits per heavy atom. The Hall–Kier alpha value is -3.41. The van der Waals surface area contributed by atoms with Crippen LogP contribution in [0.3, 0.4) is 0 Å². The standard InChI is InChI=1S/C28H36N8O2S/c1-17(2)21-8-7-19(11-25-20(13-30-25)15-36(5)39(6,37)38)23-14-31-27(12-22(21)23)32-26-9-10-29-28(33-26)24-16-35(4)34-18(24)3/h7-10,12,14,16-17,20,25,30H,11,13,15H2,1-6H3,(H,29,31,32,33)/t20-,25+/m0/s1. The Labute approximate surface area is 229 Å². The second-order valence-electron chi connectivity index (χ2n) is 10.8. The van der Waals surface area contributed by atoms with Gasteiger partial charge in [-0.1, -0.05) is 26.0 Å². The highest BCUT2D eigenvalue weighted by atomic mass is 32.2. The maximum atomic E-state index is 11.9. The van der Waals surface area contributed by atoms with Gasteiger partial charge in [0.15, 0.2) is 5.82 Å². The molecule has 11 heteroatoms. The molecule has 39 heavy (non-hydrogen) atoms. The molecule has 1 saturated heterocycles. The minimum absolute atomic E-state index is 0.218. The number of hydrogen-bond acceptors (Lipinski definition) is 8. The van der Waals surface area contributed by atoms with Crippen LogP contribution in [0.15, 0.2) is 42.9 Å². The van der Waals surface area contributed by atoms with Crippen molar-refractivity contribution < 1.29 is 8.42 Å². The number of nitrogens with zero attached hydrogens (tertiary/aromatic N) is 6. The van der Waals surface area contributed by atoms with Gasteiger partial charge in [0.2, 0.25) is 10.0 Å².